The molecule has 0 aliphatic carbocycles. The summed E-state index contributed by atoms with van der Waals surface area (Å²) >= 11 is 0. The maximum absolute atomic E-state index is 15.4. The molecular weight excluding hydrogens is 636 g/mol. The second-order valence-electron chi connectivity index (χ2n) is 11.5. The average Bonchev–Trinajstić information content (AvgIpc) is 3.41. The first-order valence-electron chi connectivity index (χ1n) is 13.8. The number of alkyl halides is 8. The summed E-state index contributed by atoms with van der Waals surface area (Å²) in [6.45, 7) is 3.65. The quantitative estimate of drug-likeness (QED) is 0.278. The topological polar surface area (TPSA) is 116 Å². The van der Waals surface area contributed by atoms with Crippen LogP contribution in [0.1, 0.15) is 75.6 Å². The second-order valence-corrected chi connectivity index (χ2v) is 11.5. The summed E-state index contributed by atoms with van der Waals surface area (Å²) in [4.78, 5) is 28.6. The van der Waals surface area contributed by atoms with Crippen LogP contribution in [0.3, 0.4) is 0 Å². The van der Waals surface area contributed by atoms with Crippen molar-refractivity contribution in [2.24, 2.45) is 0 Å². The van der Waals surface area contributed by atoms with Crippen molar-refractivity contribution in [3.8, 4) is 11.6 Å². The van der Waals surface area contributed by atoms with Crippen molar-refractivity contribution in [1.82, 2.24) is 15.2 Å². The van der Waals surface area contributed by atoms with Gasteiger partial charge in [-0.2, -0.15) is 35.1 Å². The first-order chi connectivity index (χ1) is 21.2. The highest BCUT2D eigenvalue weighted by atomic mass is 19.4. The number of aromatic nitrogens is 3. The maximum Gasteiger partial charge on any atom is 0.426 e. The Morgan fingerprint density at radius 1 is 1.00 bits per heavy atom. The number of pyridine rings is 1. The Labute approximate surface area is 256 Å². The summed E-state index contributed by atoms with van der Waals surface area (Å²) in [5.74, 6) is -7.49. The van der Waals surface area contributed by atoms with E-state index in [2.05, 4.69) is 15.2 Å². The Hall–Kier alpha value is -4.15. The van der Waals surface area contributed by atoms with Crippen LogP contribution in [-0.4, -0.2) is 38.8 Å². The van der Waals surface area contributed by atoms with E-state index in [1.54, 1.807) is 18.2 Å². The molecule has 0 saturated heterocycles. The van der Waals surface area contributed by atoms with Crippen LogP contribution in [0.25, 0.3) is 11.6 Å². The molecule has 3 aromatic rings. The van der Waals surface area contributed by atoms with Crippen LogP contribution < -0.4 is 5.32 Å². The molecular formula is C29H28F8N4O5. The predicted molar refractivity (Wildman–Crippen MR) is 143 cm³/mol. The number of hydrogen-bond donors (Lipinski definition) is 1. The number of nitrogens with one attached hydrogen (secondary N) is 1. The zero-order chi connectivity index (χ0) is 34.1. The number of fused-ring (bicyclic) bond motifs is 5. The van der Waals surface area contributed by atoms with Crippen molar-refractivity contribution in [3.05, 3.63) is 59.1 Å². The molecule has 0 saturated carbocycles. The fourth-order valence-electron chi connectivity index (χ4n) is 4.60. The molecule has 4 rings (SSSR count). The van der Waals surface area contributed by atoms with E-state index in [4.69, 9.17) is 13.9 Å². The number of carbonyl (C=O) groups excluding carboxylic acids is 2. The van der Waals surface area contributed by atoms with Gasteiger partial charge in [-0.15, -0.1) is 10.2 Å². The Morgan fingerprint density at radius 2 is 1.67 bits per heavy atom. The Bertz CT molecular complexity index is 1570. The summed E-state index contributed by atoms with van der Waals surface area (Å²) in [7, 11) is 0. The van der Waals surface area contributed by atoms with Gasteiger partial charge >= 0.3 is 18.4 Å². The highest BCUT2D eigenvalue weighted by Gasteiger charge is 2.61. The highest BCUT2D eigenvalue weighted by molar-refractivity contribution is 5.89. The molecule has 46 heavy (non-hydrogen) atoms. The fourth-order valence-corrected chi connectivity index (χ4v) is 4.60. The van der Waals surface area contributed by atoms with Crippen molar-refractivity contribution in [2.45, 2.75) is 89.0 Å². The number of carbonyl (C=O) groups is 2. The van der Waals surface area contributed by atoms with Gasteiger partial charge in [0.1, 0.15) is 17.1 Å². The SMILES string of the molecule is CC(C)(C)OC(=O)Nc1cc(C(F)(F)F)c2nc1-c1nnc(o1)C(OCc1ccccc1)(C(F)(F)F)CCC(=O)CCCC2(F)F. The van der Waals surface area contributed by atoms with Crippen molar-refractivity contribution < 1.29 is 58.6 Å². The second kappa shape index (κ2) is 12.6. The van der Waals surface area contributed by atoms with E-state index in [0.29, 0.717) is 5.56 Å². The van der Waals surface area contributed by atoms with Crippen LogP contribution >= 0.6 is 0 Å². The normalized spacial score (nSPS) is 19.3. The summed E-state index contributed by atoms with van der Waals surface area (Å²) < 4.78 is 133. The van der Waals surface area contributed by atoms with Gasteiger partial charge in [0.25, 0.3) is 17.7 Å². The number of amides is 1. The first kappa shape index (κ1) is 34.7. The Morgan fingerprint density at radius 3 is 2.28 bits per heavy atom. The highest BCUT2D eigenvalue weighted by Crippen LogP contribution is 2.48. The van der Waals surface area contributed by atoms with Crippen LogP contribution in [-0.2, 0) is 38.6 Å². The number of Topliss-reactive ketones (excluding diaryl/α,β-unsaturated/α-hetero) is 1. The summed E-state index contributed by atoms with van der Waals surface area (Å²) in [6, 6.07) is 7.78. The molecule has 0 radical (unpaired) electrons. The van der Waals surface area contributed by atoms with E-state index < -0.39 is 114 Å². The Balaban J connectivity index is 1.96. The molecule has 1 unspecified atom stereocenters. The third-order valence-electron chi connectivity index (χ3n) is 6.77. The van der Waals surface area contributed by atoms with E-state index in [9.17, 15) is 35.9 Å². The van der Waals surface area contributed by atoms with Gasteiger partial charge in [-0.3, -0.25) is 10.1 Å². The van der Waals surface area contributed by atoms with Gasteiger partial charge in [-0.1, -0.05) is 30.3 Å². The molecule has 1 N–H and O–H groups in total. The van der Waals surface area contributed by atoms with E-state index in [-0.39, 0.29) is 6.07 Å². The minimum Gasteiger partial charge on any atom is -0.444 e. The molecule has 0 spiro atoms. The minimum absolute atomic E-state index is 0.124. The lowest BCUT2D eigenvalue weighted by Gasteiger charge is -2.32. The molecule has 1 aliphatic rings. The number of ketones is 1. The predicted octanol–water partition coefficient (Wildman–Crippen LogP) is 8.10. The van der Waals surface area contributed by atoms with E-state index in [1.807, 2.05) is 5.32 Å². The Kier molecular flexibility index (Phi) is 9.48. The van der Waals surface area contributed by atoms with E-state index in [1.165, 1.54) is 32.9 Å². The molecule has 250 valence electrons. The summed E-state index contributed by atoms with van der Waals surface area (Å²) in [6.07, 6.45) is -16.7. The van der Waals surface area contributed by atoms with Gasteiger partial charge in [-0.05, 0) is 38.8 Å². The summed E-state index contributed by atoms with van der Waals surface area (Å²) in [5.41, 5.74) is -9.95. The molecule has 0 fully saturated rings. The molecule has 1 aromatic carbocycles. The number of hydrogen-bond acceptors (Lipinski definition) is 8. The number of ether oxygens (including phenoxy) is 2. The maximum atomic E-state index is 15.4. The first-order valence-corrected chi connectivity index (χ1v) is 13.8. The number of halogens is 8. The van der Waals surface area contributed by atoms with Gasteiger partial charge in [0.2, 0.25) is 5.60 Å². The lowest BCUT2D eigenvalue weighted by molar-refractivity contribution is -0.299. The van der Waals surface area contributed by atoms with Crippen molar-refractivity contribution in [3.63, 3.8) is 0 Å². The van der Waals surface area contributed by atoms with Crippen molar-refractivity contribution >= 4 is 17.6 Å². The zero-order valence-corrected chi connectivity index (χ0v) is 24.6. The third kappa shape index (κ3) is 7.79. The van der Waals surface area contributed by atoms with Gasteiger partial charge in [0.15, 0.2) is 5.69 Å². The molecule has 9 nitrogen and oxygen atoms in total. The molecule has 2 aromatic heterocycles. The largest absolute Gasteiger partial charge is 0.444 e. The number of benzene rings is 1. The molecule has 1 amide bonds. The van der Waals surface area contributed by atoms with Crippen LogP contribution in [0, 0.1) is 0 Å². The standard InChI is InChI=1S/C29H28F8N4O5/c1-25(2,3)46-24(43)38-19-14-18(28(32,33)34)21-27(30,31)12-7-10-17(42)11-13-26(29(35,36)37,44-15-16-8-5-4-6-9-16)23-41-40-22(45-23)20(19)39-21/h4-6,8-9,14H,7,10-13,15H2,1-3H3,(H,38,43). The van der Waals surface area contributed by atoms with Crippen molar-refractivity contribution in [2.75, 3.05) is 5.32 Å². The minimum atomic E-state index is -5.44. The van der Waals surface area contributed by atoms with Gasteiger partial charge in [0.05, 0.1) is 17.9 Å². The van der Waals surface area contributed by atoms with Crippen LogP contribution in [0.15, 0.2) is 40.8 Å². The number of nitrogens with zero attached hydrogens (tertiary/aromatic N) is 3. The molecule has 1 atom stereocenters. The molecule has 1 aliphatic heterocycles. The van der Waals surface area contributed by atoms with Crippen LogP contribution in [0.5, 0.6) is 0 Å². The van der Waals surface area contributed by atoms with E-state index in [0.717, 1.165) is 0 Å². The lowest BCUT2D eigenvalue weighted by atomic mass is 9.92. The van der Waals surface area contributed by atoms with Gasteiger partial charge in [-0.25, -0.2) is 9.78 Å². The average molecular weight is 665 g/mol. The summed E-state index contributed by atoms with van der Waals surface area (Å²) in [5, 5.41) is 8.89. The van der Waals surface area contributed by atoms with Crippen molar-refractivity contribution in [1.29, 1.82) is 0 Å². The number of anilines is 1. The van der Waals surface area contributed by atoms with Crippen LogP contribution in [0.2, 0.25) is 0 Å². The molecule has 3 heterocycles. The van der Waals surface area contributed by atoms with Gasteiger partial charge in [0, 0.05) is 25.7 Å². The van der Waals surface area contributed by atoms with Crippen LogP contribution in [0.4, 0.5) is 45.6 Å². The van der Waals surface area contributed by atoms with Gasteiger partial charge < -0.3 is 13.9 Å². The lowest BCUT2D eigenvalue weighted by Crippen LogP contribution is -2.45. The molecule has 17 heteroatoms. The third-order valence-corrected chi connectivity index (χ3v) is 6.77. The zero-order valence-electron chi connectivity index (χ0n) is 24.6. The van der Waals surface area contributed by atoms with E-state index >= 15 is 8.78 Å². The fraction of sp³-hybridized carbons (Fsp3) is 0.483. The smallest absolute Gasteiger partial charge is 0.426 e. The molecule has 4 bridgehead atoms. The monoisotopic (exact) mass is 664 g/mol. The number of rotatable bonds is 4.